The van der Waals surface area contributed by atoms with Gasteiger partial charge in [-0.1, -0.05) is 26.0 Å². The number of hydrogen-bond acceptors (Lipinski definition) is 2. The van der Waals surface area contributed by atoms with Crippen LogP contribution in [0.3, 0.4) is 0 Å². The van der Waals surface area contributed by atoms with Crippen LogP contribution in [0.1, 0.15) is 32.3 Å². The fraction of sp³-hybridized carbons (Fsp3) is 0.562. The predicted molar refractivity (Wildman–Crippen MR) is 79.2 cm³/mol. The highest BCUT2D eigenvalue weighted by molar-refractivity contribution is 5.92. The van der Waals surface area contributed by atoms with Gasteiger partial charge in [-0.05, 0) is 48.8 Å². The number of hydrogen-bond donors (Lipinski definition) is 2. The summed E-state index contributed by atoms with van der Waals surface area (Å²) in [5.74, 6) is 0.727. The van der Waals surface area contributed by atoms with Gasteiger partial charge in [0.05, 0.1) is 6.54 Å². The second kappa shape index (κ2) is 5.74. The van der Waals surface area contributed by atoms with Crippen LogP contribution >= 0.6 is 0 Å². The monoisotopic (exact) mass is 260 g/mol. The molecule has 19 heavy (non-hydrogen) atoms. The van der Waals surface area contributed by atoms with Gasteiger partial charge in [0.1, 0.15) is 0 Å². The van der Waals surface area contributed by atoms with Crippen molar-refractivity contribution in [3.63, 3.8) is 0 Å². The Balaban J connectivity index is 1.73. The van der Waals surface area contributed by atoms with Gasteiger partial charge in [0.25, 0.3) is 0 Å². The molecule has 1 aliphatic carbocycles. The molecule has 0 heterocycles. The minimum absolute atomic E-state index is 0.0326. The van der Waals surface area contributed by atoms with Gasteiger partial charge in [-0.15, -0.1) is 0 Å². The molecule has 1 aliphatic rings. The molecule has 0 radical (unpaired) electrons. The molecule has 3 nitrogen and oxygen atoms in total. The fourth-order valence-electron chi connectivity index (χ4n) is 2.47. The van der Waals surface area contributed by atoms with E-state index in [0.29, 0.717) is 17.9 Å². The molecule has 0 atom stereocenters. The first-order chi connectivity index (χ1) is 9.02. The van der Waals surface area contributed by atoms with E-state index in [1.54, 1.807) is 0 Å². The van der Waals surface area contributed by atoms with E-state index in [1.165, 1.54) is 12.8 Å². The quantitative estimate of drug-likeness (QED) is 0.825. The van der Waals surface area contributed by atoms with Gasteiger partial charge in [0.2, 0.25) is 5.91 Å². The van der Waals surface area contributed by atoms with Gasteiger partial charge in [-0.3, -0.25) is 4.79 Å². The minimum Gasteiger partial charge on any atom is -0.325 e. The van der Waals surface area contributed by atoms with E-state index >= 15 is 0 Å². The van der Waals surface area contributed by atoms with Crippen molar-refractivity contribution in [2.75, 3.05) is 18.4 Å². The summed E-state index contributed by atoms with van der Waals surface area (Å²) < 4.78 is 0. The van der Waals surface area contributed by atoms with Crippen LogP contribution in [0.15, 0.2) is 24.3 Å². The smallest absolute Gasteiger partial charge is 0.238 e. The molecular formula is C16H24N2O. The lowest BCUT2D eigenvalue weighted by atomic mass is 9.92. The van der Waals surface area contributed by atoms with Crippen LogP contribution < -0.4 is 10.6 Å². The summed E-state index contributed by atoms with van der Waals surface area (Å²) >= 11 is 0. The molecule has 1 fully saturated rings. The normalized spacial score (nSPS) is 16.4. The van der Waals surface area contributed by atoms with Gasteiger partial charge >= 0.3 is 0 Å². The van der Waals surface area contributed by atoms with Crippen molar-refractivity contribution >= 4 is 11.6 Å². The summed E-state index contributed by atoms with van der Waals surface area (Å²) in [7, 11) is 0. The molecule has 0 bridgehead atoms. The Morgan fingerprint density at radius 2 is 2.11 bits per heavy atom. The lowest BCUT2D eigenvalue weighted by molar-refractivity contribution is -0.115. The third-order valence-corrected chi connectivity index (χ3v) is 4.18. The largest absolute Gasteiger partial charge is 0.325 e. The molecule has 1 aromatic carbocycles. The average Bonchev–Trinajstić information content (AvgIpc) is 3.10. The Labute approximate surface area is 115 Å². The van der Waals surface area contributed by atoms with Crippen molar-refractivity contribution in [3.8, 4) is 0 Å². The molecule has 2 rings (SSSR count). The Hall–Kier alpha value is -1.35. The number of aryl methyl sites for hydroxylation is 1. The zero-order valence-corrected chi connectivity index (χ0v) is 12.1. The Bertz CT molecular complexity index is 450. The lowest BCUT2D eigenvalue weighted by Crippen LogP contribution is -2.34. The highest BCUT2D eigenvalue weighted by Gasteiger charge is 2.44. The molecule has 0 spiro atoms. The molecule has 0 unspecified atom stereocenters. The first-order valence-electron chi connectivity index (χ1n) is 7.09. The van der Waals surface area contributed by atoms with Crippen molar-refractivity contribution in [1.29, 1.82) is 0 Å². The van der Waals surface area contributed by atoms with Crippen LogP contribution in [0.25, 0.3) is 0 Å². The highest BCUT2D eigenvalue weighted by Crippen LogP contribution is 2.51. The first kappa shape index (κ1) is 14.1. The third-order valence-electron chi connectivity index (χ3n) is 4.18. The first-order valence-corrected chi connectivity index (χ1v) is 7.09. The van der Waals surface area contributed by atoms with Gasteiger partial charge < -0.3 is 10.6 Å². The van der Waals surface area contributed by atoms with Crippen LogP contribution in [0.2, 0.25) is 0 Å². The number of nitrogens with one attached hydrogen (secondary N) is 2. The zero-order valence-electron chi connectivity index (χ0n) is 12.1. The zero-order chi connectivity index (χ0) is 13.9. The van der Waals surface area contributed by atoms with Crippen molar-refractivity contribution in [1.82, 2.24) is 5.32 Å². The molecular weight excluding hydrogens is 236 g/mol. The average molecular weight is 260 g/mol. The van der Waals surface area contributed by atoms with E-state index in [2.05, 4.69) is 24.5 Å². The summed E-state index contributed by atoms with van der Waals surface area (Å²) in [5.41, 5.74) is 2.48. The van der Waals surface area contributed by atoms with E-state index in [1.807, 2.05) is 31.2 Å². The standard InChI is InChI=1S/C16H24N2O/c1-12(2)16(7-8-16)11-17-10-15(19)18-14-6-4-5-13(3)9-14/h4-6,9,12,17H,7-8,10-11H2,1-3H3,(H,18,19). The molecule has 2 N–H and O–H groups in total. The molecule has 104 valence electrons. The van der Waals surface area contributed by atoms with Crippen LogP contribution in [-0.4, -0.2) is 19.0 Å². The van der Waals surface area contributed by atoms with Crippen LogP contribution in [0.4, 0.5) is 5.69 Å². The molecule has 0 saturated heterocycles. The summed E-state index contributed by atoms with van der Waals surface area (Å²) in [6.45, 7) is 7.89. The van der Waals surface area contributed by atoms with Crippen molar-refractivity contribution in [3.05, 3.63) is 29.8 Å². The van der Waals surface area contributed by atoms with E-state index < -0.39 is 0 Å². The number of amides is 1. The van der Waals surface area contributed by atoms with Crippen LogP contribution in [0.5, 0.6) is 0 Å². The second-order valence-electron chi connectivity index (χ2n) is 6.04. The number of rotatable bonds is 6. The Kier molecular flexibility index (Phi) is 4.25. The summed E-state index contributed by atoms with van der Waals surface area (Å²) in [6.07, 6.45) is 2.58. The van der Waals surface area contributed by atoms with Crippen molar-refractivity contribution in [2.24, 2.45) is 11.3 Å². The fourth-order valence-corrected chi connectivity index (χ4v) is 2.47. The van der Waals surface area contributed by atoms with Gasteiger partial charge in [0, 0.05) is 12.2 Å². The number of benzene rings is 1. The van der Waals surface area contributed by atoms with E-state index in [-0.39, 0.29) is 5.91 Å². The van der Waals surface area contributed by atoms with Crippen molar-refractivity contribution in [2.45, 2.75) is 33.6 Å². The van der Waals surface area contributed by atoms with E-state index in [9.17, 15) is 4.79 Å². The predicted octanol–water partition coefficient (Wildman–Crippen LogP) is 2.96. The van der Waals surface area contributed by atoms with Crippen molar-refractivity contribution < 1.29 is 4.79 Å². The van der Waals surface area contributed by atoms with Crippen LogP contribution in [0, 0.1) is 18.3 Å². The summed E-state index contributed by atoms with van der Waals surface area (Å²) in [4.78, 5) is 11.8. The summed E-state index contributed by atoms with van der Waals surface area (Å²) in [5, 5.41) is 6.21. The number of anilines is 1. The number of carbonyl (C=O) groups excluding carboxylic acids is 1. The minimum atomic E-state index is 0.0326. The molecule has 3 heteroatoms. The van der Waals surface area contributed by atoms with Gasteiger partial charge in [-0.25, -0.2) is 0 Å². The second-order valence-corrected chi connectivity index (χ2v) is 6.04. The maximum absolute atomic E-state index is 11.8. The Morgan fingerprint density at radius 1 is 1.37 bits per heavy atom. The highest BCUT2D eigenvalue weighted by atomic mass is 16.1. The van der Waals surface area contributed by atoms with Gasteiger partial charge in [-0.2, -0.15) is 0 Å². The summed E-state index contributed by atoms with van der Waals surface area (Å²) in [6, 6.07) is 7.87. The maximum atomic E-state index is 11.8. The molecule has 0 aliphatic heterocycles. The van der Waals surface area contributed by atoms with Gasteiger partial charge in [0.15, 0.2) is 0 Å². The molecule has 0 aromatic heterocycles. The van der Waals surface area contributed by atoms with E-state index in [4.69, 9.17) is 0 Å². The SMILES string of the molecule is Cc1cccc(NC(=O)CNCC2(C(C)C)CC2)c1. The van der Waals surface area contributed by atoms with Crippen LogP contribution in [-0.2, 0) is 4.79 Å². The third kappa shape index (κ3) is 3.80. The topological polar surface area (TPSA) is 41.1 Å². The Morgan fingerprint density at radius 3 is 2.68 bits per heavy atom. The number of carbonyl (C=O) groups is 1. The molecule has 1 aromatic rings. The lowest BCUT2D eigenvalue weighted by Gasteiger charge is -2.19. The molecule has 1 saturated carbocycles. The molecule has 1 amide bonds. The maximum Gasteiger partial charge on any atom is 0.238 e. The van der Waals surface area contributed by atoms with E-state index in [0.717, 1.165) is 17.8 Å².